The number of halogens is 1. The lowest BCUT2D eigenvalue weighted by Gasteiger charge is -2.31. The Kier molecular flexibility index (Phi) is 13.6. The third-order valence-corrected chi connectivity index (χ3v) is 7.37. The highest BCUT2D eigenvalue weighted by molar-refractivity contribution is 5.88. The van der Waals surface area contributed by atoms with E-state index in [1.807, 2.05) is 6.07 Å². The van der Waals surface area contributed by atoms with Gasteiger partial charge in [0.15, 0.2) is 0 Å². The van der Waals surface area contributed by atoms with Crippen LogP contribution in [0.1, 0.15) is 82.8 Å². The van der Waals surface area contributed by atoms with Gasteiger partial charge in [-0.1, -0.05) is 70.7 Å². The van der Waals surface area contributed by atoms with Crippen molar-refractivity contribution in [1.82, 2.24) is 0 Å². The molecule has 0 heterocycles. The van der Waals surface area contributed by atoms with Crippen LogP contribution in [0.3, 0.4) is 0 Å². The zero-order chi connectivity index (χ0) is 27.2. The maximum absolute atomic E-state index is 14.5. The van der Waals surface area contributed by atoms with Crippen LogP contribution in [0.25, 0.3) is 0 Å². The van der Waals surface area contributed by atoms with Crippen LogP contribution in [0.5, 0.6) is 0 Å². The van der Waals surface area contributed by atoms with Crippen molar-refractivity contribution in [3.8, 4) is 0 Å². The lowest BCUT2D eigenvalue weighted by Crippen LogP contribution is -2.26. The molecule has 0 amide bonds. The van der Waals surface area contributed by atoms with Gasteiger partial charge >= 0.3 is 11.9 Å². The van der Waals surface area contributed by atoms with Crippen molar-refractivity contribution in [2.24, 2.45) is 17.8 Å². The molecule has 1 unspecified atom stereocenters. The molecule has 37 heavy (non-hydrogen) atoms. The summed E-state index contributed by atoms with van der Waals surface area (Å²) < 4.78 is 25.1. The molecular formula is C31H45FO5. The summed E-state index contributed by atoms with van der Waals surface area (Å²) in [6, 6.07) is 5.76. The number of hydrogen-bond donors (Lipinski definition) is 1. The first-order valence-electron chi connectivity index (χ1n) is 13.8. The summed E-state index contributed by atoms with van der Waals surface area (Å²) in [5.41, 5.74) is 2.23. The highest BCUT2D eigenvalue weighted by Gasteiger charge is 2.26. The molecule has 6 heteroatoms. The summed E-state index contributed by atoms with van der Waals surface area (Å²) in [6.07, 6.45) is 11.2. The normalized spacial score (nSPS) is 18.2. The summed E-state index contributed by atoms with van der Waals surface area (Å²) >= 11 is 0. The van der Waals surface area contributed by atoms with Crippen molar-refractivity contribution >= 4 is 11.9 Å². The van der Waals surface area contributed by atoms with Gasteiger partial charge in [0.05, 0.1) is 25.4 Å². The summed E-state index contributed by atoms with van der Waals surface area (Å²) in [7, 11) is 0. The largest absolute Gasteiger partial charge is 0.462 e. The monoisotopic (exact) mass is 516 g/mol. The van der Waals surface area contributed by atoms with Crippen LogP contribution in [-0.2, 0) is 31.9 Å². The predicted molar refractivity (Wildman–Crippen MR) is 144 cm³/mol. The number of esters is 2. The van der Waals surface area contributed by atoms with Crippen LogP contribution in [0.15, 0.2) is 42.5 Å². The topological polar surface area (TPSA) is 72.8 Å². The molecule has 206 valence electrons. The molecule has 1 aromatic carbocycles. The number of aliphatic hydroxyl groups excluding tert-OH is 1. The first kappa shape index (κ1) is 30.8. The Morgan fingerprint density at radius 1 is 1.03 bits per heavy atom. The summed E-state index contributed by atoms with van der Waals surface area (Å²) in [5, 5.41) is 9.08. The molecule has 0 saturated heterocycles. The number of hydrogen-bond acceptors (Lipinski definition) is 5. The Labute approximate surface area is 222 Å². The van der Waals surface area contributed by atoms with E-state index in [9.17, 15) is 14.0 Å². The van der Waals surface area contributed by atoms with Crippen LogP contribution < -0.4 is 0 Å². The van der Waals surface area contributed by atoms with E-state index < -0.39 is 18.5 Å². The molecule has 0 bridgehead atoms. The van der Waals surface area contributed by atoms with Crippen LogP contribution in [0.4, 0.5) is 4.39 Å². The third-order valence-electron chi connectivity index (χ3n) is 7.37. The second-order valence-corrected chi connectivity index (χ2v) is 10.6. The van der Waals surface area contributed by atoms with Gasteiger partial charge in [-0.2, -0.15) is 0 Å². The standard InChI is InChI=1S/C31H45FO5/c1-5-6-7-8-28-16-15-26(18-29(28)32)14-11-24-9-12-25(13-10-24)17-27(20-36-30(34)22(2)3)21-37-31(35)23(4)19-33/h15-16,18,24-25,27,33H,2,4-14,17,19-21H2,1,3H3. The molecule has 1 aromatic rings. The van der Waals surface area contributed by atoms with Crippen molar-refractivity contribution in [1.29, 1.82) is 0 Å². The fraction of sp³-hybridized carbons (Fsp3) is 0.613. The Balaban J connectivity index is 1.80. The lowest BCUT2D eigenvalue weighted by molar-refractivity contribution is -0.144. The molecule has 0 aromatic heterocycles. The third kappa shape index (κ3) is 11.2. The number of carbonyl (C=O) groups excluding carboxylic acids is 2. The predicted octanol–water partition coefficient (Wildman–Crippen LogP) is 6.51. The number of aryl methyl sites for hydroxylation is 2. The van der Waals surface area contributed by atoms with Crippen molar-refractivity contribution in [2.75, 3.05) is 19.8 Å². The average molecular weight is 517 g/mol. The fourth-order valence-corrected chi connectivity index (χ4v) is 4.97. The van der Waals surface area contributed by atoms with Gasteiger partial charge in [-0.25, -0.2) is 14.0 Å². The maximum atomic E-state index is 14.5. The van der Waals surface area contributed by atoms with Crippen LogP contribution in [0.2, 0.25) is 0 Å². The number of unbranched alkanes of at least 4 members (excludes halogenated alkanes) is 2. The lowest BCUT2D eigenvalue weighted by atomic mass is 9.76. The Morgan fingerprint density at radius 2 is 1.68 bits per heavy atom. The van der Waals surface area contributed by atoms with Crippen LogP contribution in [0, 0.1) is 23.6 Å². The van der Waals surface area contributed by atoms with Gasteiger partial charge < -0.3 is 14.6 Å². The SMILES string of the molecule is C=C(C)C(=O)OCC(COC(=O)C(=C)CO)CC1CCC(CCc2ccc(CCCCC)c(F)c2)CC1. The van der Waals surface area contributed by atoms with E-state index in [1.165, 1.54) is 0 Å². The van der Waals surface area contributed by atoms with E-state index in [0.29, 0.717) is 17.4 Å². The van der Waals surface area contributed by atoms with Gasteiger partial charge in [0.25, 0.3) is 0 Å². The molecule has 1 aliphatic carbocycles. The molecule has 1 fully saturated rings. The maximum Gasteiger partial charge on any atom is 0.335 e. The van der Waals surface area contributed by atoms with Gasteiger partial charge in [0.2, 0.25) is 0 Å². The molecule has 1 N–H and O–H groups in total. The van der Waals surface area contributed by atoms with Gasteiger partial charge in [0.1, 0.15) is 5.82 Å². The Bertz CT molecular complexity index is 901. The number of aliphatic hydroxyl groups is 1. The van der Waals surface area contributed by atoms with E-state index in [2.05, 4.69) is 26.1 Å². The van der Waals surface area contributed by atoms with Crippen LogP contribution in [-0.4, -0.2) is 36.9 Å². The summed E-state index contributed by atoms with van der Waals surface area (Å²) in [4.78, 5) is 23.8. The fourth-order valence-electron chi connectivity index (χ4n) is 4.97. The summed E-state index contributed by atoms with van der Waals surface area (Å²) in [5.74, 6) is -0.200. The quantitative estimate of drug-likeness (QED) is 0.154. The van der Waals surface area contributed by atoms with E-state index in [0.717, 1.165) is 81.8 Å². The van der Waals surface area contributed by atoms with Crippen molar-refractivity contribution in [3.63, 3.8) is 0 Å². The molecule has 1 aliphatic rings. The van der Waals surface area contributed by atoms with E-state index in [4.69, 9.17) is 14.6 Å². The molecule has 2 rings (SSSR count). The van der Waals surface area contributed by atoms with Crippen LogP contribution >= 0.6 is 0 Å². The van der Waals surface area contributed by atoms with Crippen molar-refractivity contribution < 1.29 is 28.6 Å². The zero-order valence-electron chi connectivity index (χ0n) is 22.7. The smallest absolute Gasteiger partial charge is 0.335 e. The molecule has 1 atom stereocenters. The van der Waals surface area contributed by atoms with Gasteiger partial charge in [-0.05, 0) is 68.1 Å². The van der Waals surface area contributed by atoms with E-state index >= 15 is 0 Å². The van der Waals surface area contributed by atoms with Gasteiger partial charge in [-0.15, -0.1) is 0 Å². The molecule has 0 radical (unpaired) electrons. The minimum atomic E-state index is -0.632. The molecule has 1 saturated carbocycles. The zero-order valence-corrected chi connectivity index (χ0v) is 22.7. The van der Waals surface area contributed by atoms with Crippen molar-refractivity contribution in [3.05, 3.63) is 59.4 Å². The number of rotatable bonds is 16. The minimum Gasteiger partial charge on any atom is -0.462 e. The number of benzene rings is 1. The molecule has 5 nitrogen and oxygen atoms in total. The molecular weight excluding hydrogens is 471 g/mol. The first-order valence-corrected chi connectivity index (χ1v) is 13.8. The second kappa shape index (κ2) is 16.4. The van der Waals surface area contributed by atoms with Gasteiger partial charge in [0, 0.05) is 11.5 Å². The molecule has 0 spiro atoms. The highest BCUT2D eigenvalue weighted by atomic mass is 19.1. The van der Waals surface area contributed by atoms with E-state index in [1.54, 1.807) is 13.0 Å². The number of carbonyl (C=O) groups is 2. The highest BCUT2D eigenvalue weighted by Crippen LogP contribution is 2.35. The Morgan fingerprint density at radius 3 is 2.27 bits per heavy atom. The molecule has 0 aliphatic heterocycles. The van der Waals surface area contributed by atoms with Crippen molar-refractivity contribution in [2.45, 2.75) is 84.5 Å². The Hall–Kier alpha value is -2.47. The number of ether oxygens (including phenoxy) is 2. The summed E-state index contributed by atoms with van der Waals surface area (Å²) in [6.45, 7) is 10.7. The minimum absolute atomic E-state index is 0.00389. The van der Waals surface area contributed by atoms with Gasteiger partial charge in [-0.3, -0.25) is 0 Å². The first-order chi connectivity index (χ1) is 17.7. The van der Waals surface area contributed by atoms with E-state index in [-0.39, 0.29) is 30.5 Å². The average Bonchev–Trinajstić information content (AvgIpc) is 2.89. The second-order valence-electron chi connectivity index (χ2n) is 10.6.